The van der Waals surface area contributed by atoms with Crippen molar-refractivity contribution < 1.29 is 33.1 Å². The highest BCUT2D eigenvalue weighted by Gasteiger charge is 2.34. The van der Waals surface area contributed by atoms with E-state index in [0.717, 1.165) is 23.3 Å². The van der Waals surface area contributed by atoms with Crippen LogP contribution in [0.1, 0.15) is 27.4 Å². The Morgan fingerprint density at radius 1 is 1.11 bits per heavy atom. The van der Waals surface area contributed by atoms with Crippen LogP contribution in [0.5, 0.6) is 5.75 Å². The first-order valence-corrected chi connectivity index (χ1v) is 13.3. The summed E-state index contributed by atoms with van der Waals surface area (Å²) in [6.45, 7) is 1.59. The number of carbonyl (C=O) groups is 4. The summed E-state index contributed by atoms with van der Waals surface area (Å²) in [4.78, 5) is 50.2. The number of carbonyl (C=O) groups excluding carboxylic acids is 4. The first-order chi connectivity index (χ1) is 18.2. The highest BCUT2D eigenvalue weighted by molar-refractivity contribution is 14.1. The minimum absolute atomic E-state index is 0.0237. The number of urea groups is 1. The van der Waals surface area contributed by atoms with Gasteiger partial charge in [0.15, 0.2) is 6.61 Å². The largest absolute Gasteiger partial charge is 0.482 e. The summed E-state index contributed by atoms with van der Waals surface area (Å²) in [5, 5.41) is 5.39. The Morgan fingerprint density at radius 2 is 1.82 bits per heavy atom. The summed E-state index contributed by atoms with van der Waals surface area (Å²) in [5.41, 5.74) is 2.42. The van der Waals surface area contributed by atoms with E-state index < -0.39 is 17.9 Å². The minimum atomic E-state index is -0.655. The van der Waals surface area contributed by atoms with Crippen LogP contribution < -0.4 is 15.4 Å². The van der Waals surface area contributed by atoms with E-state index in [4.69, 9.17) is 9.15 Å². The van der Waals surface area contributed by atoms with Crippen LogP contribution in [0.15, 0.2) is 58.6 Å². The number of ether oxygens (including phenoxy) is 2. The zero-order valence-electron chi connectivity index (χ0n) is 20.2. The molecule has 1 aliphatic heterocycles. The number of esters is 1. The van der Waals surface area contributed by atoms with Crippen molar-refractivity contribution in [2.75, 3.05) is 19.0 Å². The maximum Gasteiger partial charge on any atom is 0.373 e. The quantitative estimate of drug-likeness (QED) is 0.149. The van der Waals surface area contributed by atoms with Crippen LogP contribution in [-0.4, -0.2) is 42.4 Å². The number of benzene rings is 2. The van der Waals surface area contributed by atoms with Crippen LogP contribution in [-0.2, 0) is 20.9 Å². The van der Waals surface area contributed by atoms with E-state index in [9.17, 15) is 19.2 Å². The van der Waals surface area contributed by atoms with Gasteiger partial charge in [0.2, 0.25) is 5.76 Å². The second-order valence-electron chi connectivity index (χ2n) is 8.10. The molecule has 3 aromatic rings. The molecule has 12 heteroatoms. The lowest BCUT2D eigenvalue weighted by Gasteiger charge is -2.12. The monoisotopic (exact) mass is 741 g/mol. The van der Waals surface area contributed by atoms with Gasteiger partial charge in [-0.1, -0.05) is 18.2 Å². The van der Waals surface area contributed by atoms with E-state index in [2.05, 4.69) is 60.6 Å². The fraction of sp³-hybridized carbons (Fsp3) is 0.154. The number of anilines is 1. The van der Waals surface area contributed by atoms with Gasteiger partial charge < -0.3 is 24.5 Å². The van der Waals surface area contributed by atoms with Crippen molar-refractivity contribution in [3.05, 3.63) is 84.0 Å². The van der Waals surface area contributed by atoms with Crippen molar-refractivity contribution in [1.82, 2.24) is 10.2 Å². The number of hydrogen-bond donors (Lipinski definition) is 2. The normalized spacial score (nSPS) is 14.0. The van der Waals surface area contributed by atoms with Gasteiger partial charge in [-0.15, -0.1) is 0 Å². The lowest BCUT2D eigenvalue weighted by atomic mass is 10.2. The van der Waals surface area contributed by atoms with Gasteiger partial charge in [-0.3, -0.25) is 14.5 Å². The number of amides is 4. The molecule has 2 N–H and O–H groups in total. The lowest BCUT2D eigenvalue weighted by molar-refractivity contribution is -0.123. The van der Waals surface area contributed by atoms with Crippen LogP contribution in [0.2, 0.25) is 0 Å². The molecule has 0 atom stereocenters. The Morgan fingerprint density at radius 3 is 2.50 bits per heavy atom. The van der Waals surface area contributed by atoms with Crippen LogP contribution in [0.25, 0.3) is 6.08 Å². The zero-order valence-corrected chi connectivity index (χ0v) is 24.5. The van der Waals surface area contributed by atoms with Crippen molar-refractivity contribution in [3.8, 4) is 5.75 Å². The molecule has 10 nitrogen and oxygen atoms in total. The van der Waals surface area contributed by atoms with Crippen LogP contribution in [0.3, 0.4) is 0 Å². The van der Waals surface area contributed by atoms with Crippen molar-refractivity contribution in [2.45, 2.75) is 13.5 Å². The molecule has 1 fully saturated rings. The number of methoxy groups -OCH3 is 1. The molecular weight excluding hydrogens is 720 g/mol. The first-order valence-electron chi connectivity index (χ1n) is 11.1. The second-order valence-corrected chi connectivity index (χ2v) is 10.4. The number of rotatable bonds is 8. The second kappa shape index (κ2) is 12.0. The maximum atomic E-state index is 12.9. The third-order valence-electron chi connectivity index (χ3n) is 5.42. The highest BCUT2D eigenvalue weighted by Crippen LogP contribution is 2.30. The van der Waals surface area contributed by atoms with Crippen molar-refractivity contribution in [1.29, 1.82) is 0 Å². The molecule has 38 heavy (non-hydrogen) atoms. The van der Waals surface area contributed by atoms with E-state index in [1.54, 1.807) is 18.2 Å². The minimum Gasteiger partial charge on any atom is -0.482 e. The molecule has 0 spiro atoms. The first kappa shape index (κ1) is 27.6. The van der Waals surface area contributed by atoms with E-state index >= 15 is 0 Å². The number of nitrogens with zero attached hydrogens (tertiary/aromatic N) is 1. The van der Waals surface area contributed by atoms with Gasteiger partial charge in [-0.25, -0.2) is 9.59 Å². The average Bonchev–Trinajstić information content (AvgIpc) is 3.45. The summed E-state index contributed by atoms with van der Waals surface area (Å²) in [6.07, 6.45) is 1.56. The number of aryl methyl sites for hydroxylation is 1. The van der Waals surface area contributed by atoms with E-state index in [0.29, 0.717) is 11.3 Å². The molecule has 0 aliphatic carbocycles. The van der Waals surface area contributed by atoms with Gasteiger partial charge in [-0.2, -0.15) is 0 Å². The Labute approximate surface area is 245 Å². The molecule has 2 aromatic carbocycles. The fourth-order valence-corrected chi connectivity index (χ4v) is 5.68. The van der Waals surface area contributed by atoms with Gasteiger partial charge in [0.25, 0.3) is 11.8 Å². The molecule has 1 saturated heterocycles. The number of imide groups is 1. The molecule has 2 heterocycles. The van der Waals surface area contributed by atoms with Gasteiger partial charge in [-0.05, 0) is 99.6 Å². The average molecular weight is 741 g/mol. The van der Waals surface area contributed by atoms with E-state index in [1.807, 2.05) is 31.2 Å². The van der Waals surface area contributed by atoms with Gasteiger partial charge in [0.1, 0.15) is 17.2 Å². The van der Waals surface area contributed by atoms with Crippen LogP contribution >= 0.6 is 45.2 Å². The summed E-state index contributed by atoms with van der Waals surface area (Å²) in [6, 6.07) is 13.3. The van der Waals surface area contributed by atoms with Crippen LogP contribution in [0.4, 0.5) is 10.5 Å². The van der Waals surface area contributed by atoms with E-state index in [-0.39, 0.29) is 36.3 Å². The Hall–Kier alpha value is -3.40. The zero-order chi connectivity index (χ0) is 27.4. The van der Waals surface area contributed by atoms with E-state index in [1.165, 1.54) is 19.2 Å². The molecule has 196 valence electrons. The highest BCUT2D eigenvalue weighted by atomic mass is 127. The number of para-hydroxylation sites is 1. The summed E-state index contributed by atoms with van der Waals surface area (Å²) >= 11 is 4.18. The topological polar surface area (TPSA) is 127 Å². The molecule has 0 unspecified atom stereocenters. The molecule has 4 amide bonds. The number of hydrogen-bond acceptors (Lipinski definition) is 7. The Bertz CT molecular complexity index is 1440. The SMILES string of the molecule is COC(=O)c1ccc(CN2C(=O)N/C(=C\c3cc(I)c(OCC(=O)Nc4ccccc4C)c(I)c3)C2=O)o1. The third-order valence-corrected chi connectivity index (χ3v) is 7.03. The Balaban J connectivity index is 1.42. The fourth-order valence-electron chi connectivity index (χ4n) is 3.55. The van der Waals surface area contributed by atoms with Crippen LogP contribution in [0, 0.1) is 14.1 Å². The van der Waals surface area contributed by atoms with Crippen molar-refractivity contribution >= 4 is 80.8 Å². The summed E-state index contributed by atoms with van der Waals surface area (Å²) in [7, 11) is 1.23. The predicted octanol–water partition coefficient (Wildman–Crippen LogP) is 4.69. The number of nitrogens with one attached hydrogen (secondary N) is 2. The molecule has 0 saturated carbocycles. The Kier molecular flexibility index (Phi) is 8.71. The van der Waals surface area contributed by atoms with Gasteiger partial charge in [0, 0.05) is 5.69 Å². The molecule has 0 bridgehead atoms. The summed E-state index contributed by atoms with van der Waals surface area (Å²) in [5.74, 6) is -0.707. The van der Waals surface area contributed by atoms with Crippen molar-refractivity contribution in [3.63, 3.8) is 0 Å². The standard InChI is InChI=1S/C26H21I2N3O7/c1-14-5-3-4-6-19(14)29-22(32)13-37-23-17(27)9-15(10-18(23)28)11-20-24(33)31(26(35)30-20)12-16-7-8-21(38-16)25(34)36-2/h3-11H,12-13H2,1-2H3,(H,29,32)(H,30,35)/b20-11-. The number of furan rings is 1. The molecule has 1 aliphatic rings. The maximum absolute atomic E-state index is 12.9. The molecule has 0 radical (unpaired) electrons. The molecule has 1 aromatic heterocycles. The van der Waals surface area contributed by atoms with Gasteiger partial charge >= 0.3 is 12.0 Å². The van der Waals surface area contributed by atoms with Crippen molar-refractivity contribution in [2.24, 2.45) is 0 Å². The van der Waals surface area contributed by atoms with Gasteiger partial charge in [0.05, 0.1) is 20.8 Å². The predicted molar refractivity (Wildman–Crippen MR) is 154 cm³/mol. The molecule has 4 rings (SSSR count). The summed E-state index contributed by atoms with van der Waals surface area (Å²) < 4.78 is 17.2. The number of halogens is 2. The lowest BCUT2D eigenvalue weighted by Crippen LogP contribution is -2.30. The third kappa shape index (κ3) is 6.35. The smallest absolute Gasteiger partial charge is 0.373 e. The molecular formula is C26H21I2N3O7.